The SMILES string of the molecule is CCCCCCCCNC(=O)Cc1cc(-c2ccc(OC)c(OC)c2)on1. The van der Waals surface area contributed by atoms with E-state index in [9.17, 15) is 4.79 Å². The summed E-state index contributed by atoms with van der Waals surface area (Å²) < 4.78 is 15.9. The molecule has 0 bridgehead atoms. The van der Waals surface area contributed by atoms with Crippen molar-refractivity contribution >= 4 is 5.91 Å². The molecule has 1 amide bonds. The van der Waals surface area contributed by atoms with Gasteiger partial charge in [0.05, 0.1) is 26.3 Å². The maximum Gasteiger partial charge on any atom is 0.226 e. The first kappa shape index (κ1) is 20.8. The Hall–Kier alpha value is -2.50. The first-order chi connectivity index (χ1) is 13.2. The molecule has 0 unspecified atom stereocenters. The highest BCUT2D eigenvalue weighted by Gasteiger charge is 2.13. The molecule has 1 aromatic heterocycles. The number of ether oxygens (including phenoxy) is 2. The van der Waals surface area contributed by atoms with Crippen molar-refractivity contribution < 1.29 is 18.8 Å². The Labute approximate surface area is 161 Å². The molecule has 0 saturated heterocycles. The van der Waals surface area contributed by atoms with E-state index in [0.29, 0.717) is 29.5 Å². The number of nitrogens with one attached hydrogen (secondary N) is 1. The van der Waals surface area contributed by atoms with E-state index in [-0.39, 0.29) is 12.3 Å². The van der Waals surface area contributed by atoms with Crippen LogP contribution in [0.5, 0.6) is 11.5 Å². The van der Waals surface area contributed by atoms with Crippen LogP contribution in [0.15, 0.2) is 28.8 Å². The lowest BCUT2D eigenvalue weighted by Gasteiger charge is -2.07. The number of hydrogen-bond acceptors (Lipinski definition) is 5. The van der Waals surface area contributed by atoms with Gasteiger partial charge in [0.1, 0.15) is 0 Å². The van der Waals surface area contributed by atoms with Gasteiger partial charge in [0, 0.05) is 18.2 Å². The molecule has 0 aliphatic carbocycles. The Morgan fingerprint density at radius 3 is 2.52 bits per heavy atom. The summed E-state index contributed by atoms with van der Waals surface area (Å²) in [6, 6.07) is 7.28. The smallest absolute Gasteiger partial charge is 0.226 e. The van der Waals surface area contributed by atoms with Gasteiger partial charge in [0.2, 0.25) is 5.91 Å². The number of rotatable bonds is 12. The first-order valence-corrected chi connectivity index (χ1v) is 9.62. The topological polar surface area (TPSA) is 73.6 Å². The number of aromatic nitrogens is 1. The zero-order chi connectivity index (χ0) is 19.5. The highest BCUT2D eigenvalue weighted by atomic mass is 16.5. The Kier molecular flexibility index (Phi) is 8.68. The van der Waals surface area contributed by atoms with E-state index < -0.39 is 0 Å². The molecule has 0 saturated carbocycles. The number of nitrogens with zero attached hydrogens (tertiary/aromatic N) is 1. The van der Waals surface area contributed by atoms with E-state index in [1.807, 2.05) is 18.2 Å². The molecule has 0 radical (unpaired) electrons. The van der Waals surface area contributed by atoms with E-state index in [1.54, 1.807) is 20.3 Å². The largest absolute Gasteiger partial charge is 0.493 e. The van der Waals surface area contributed by atoms with Crippen LogP contribution in [0.25, 0.3) is 11.3 Å². The lowest BCUT2D eigenvalue weighted by atomic mass is 10.1. The Bertz CT molecular complexity index is 712. The third-order valence-electron chi connectivity index (χ3n) is 4.42. The number of carbonyl (C=O) groups is 1. The molecule has 148 valence electrons. The molecule has 0 aliphatic heterocycles. The summed E-state index contributed by atoms with van der Waals surface area (Å²) in [4.78, 5) is 12.0. The van der Waals surface area contributed by atoms with Crippen LogP contribution in [0.3, 0.4) is 0 Å². The van der Waals surface area contributed by atoms with Gasteiger partial charge in [-0.3, -0.25) is 4.79 Å². The molecule has 0 fully saturated rings. The van der Waals surface area contributed by atoms with E-state index in [0.717, 1.165) is 18.4 Å². The Morgan fingerprint density at radius 1 is 1.04 bits per heavy atom. The maximum atomic E-state index is 12.0. The van der Waals surface area contributed by atoms with Gasteiger partial charge in [-0.1, -0.05) is 44.2 Å². The van der Waals surface area contributed by atoms with Crippen LogP contribution in [-0.4, -0.2) is 31.8 Å². The average molecular weight is 374 g/mol. The van der Waals surface area contributed by atoms with Crippen molar-refractivity contribution in [3.63, 3.8) is 0 Å². The molecule has 6 nitrogen and oxygen atoms in total. The highest BCUT2D eigenvalue weighted by molar-refractivity contribution is 5.78. The van der Waals surface area contributed by atoms with Crippen LogP contribution in [0, 0.1) is 0 Å². The summed E-state index contributed by atoms with van der Waals surface area (Å²) in [5.74, 6) is 1.82. The second-order valence-corrected chi connectivity index (χ2v) is 6.55. The van der Waals surface area contributed by atoms with Crippen molar-refractivity contribution in [2.24, 2.45) is 0 Å². The number of carbonyl (C=O) groups excluding carboxylic acids is 1. The Morgan fingerprint density at radius 2 is 1.78 bits per heavy atom. The minimum Gasteiger partial charge on any atom is -0.493 e. The first-order valence-electron chi connectivity index (χ1n) is 9.62. The second-order valence-electron chi connectivity index (χ2n) is 6.55. The lowest BCUT2D eigenvalue weighted by molar-refractivity contribution is -0.120. The summed E-state index contributed by atoms with van der Waals surface area (Å²) in [6.07, 6.45) is 7.45. The molecule has 0 atom stereocenters. The van der Waals surface area contributed by atoms with Crippen LogP contribution in [0.4, 0.5) is 0 Å². The minimum absolute atomic E-state index is 0.0317. The van der Waals surface area contributed by atoms with Crippen molar-refractivity contribution in [1.82, 2.24) is 10.5 Å². The lowest BCUT2D eigenvalue weighted by Crippen LogP contribution is -2.26. The van der Waals surface area contributed by atoms with Crippen molar-refractivity contribution in [2.45, 2.75) is 51.9 Å². The number of methoxy groups -OCH3 is 2. The summed E-state index contributed by atoms with van der Waals surface area (Å²) in [6.45, 7) is 2.92. The molecule has 0 aliphatic rings. The monoisotopic (exact) mass is 374 g/mol. The van der Waals surface area contributed by atoms with Gasteiger partial charge in [0.15, 0.2) is 17.3 Å². The van der Waals surface area contributed by atoms with Gasteiger partial charge >= 0.3 is 0 Å². The highest BCUT2D eigenvalue weighted by Crippen LogP contribution is 2.32. The molecule has 2 rings (SSSR count). The second kappa shape index (κ2) is 11.3. The molecule has 2 aromatic rings. The summed E-state index contributed by atoms with van der Waals surface area (Å²) >= 11 is 0. The van der Waals surface area contributed by atoms with E-state index in [4.69, 9.17) is 14.0 Å². The predicted molar refractivity (Wildman–Crippen MR) is 105 cm³/mol. The molecule has 6 heteroatoms. The molecule has 0 spiro atoms. The standard InChI is InChI=1S/C21H30N2O4/c1-4-5-6-7-8-9-12-22-21(24)15-17-14-19(27-23-17)16-10-11-18(25-2)20(13-16)26-3/h10-11,13-14H,4-9,12,15H2,1-3H3,(H,22,24). The normalized spacial score (nSPS) is 10.6. The average Bonchev–Trinajstić information content (AvgIpc) is 3.15. The summed E-state index contributed by atoms with van der Waals surface area (Å²) in [5.41, 5.74) is 1.43. The molecule has 1 N–H and O–H groups in total. The summed E-state index contributed by atoms with van der Waals surface area (Å²) in [5, 5.41) is 6.95. The zero-order valence-electron chi connectivity index (χ0n) is 16.5. The quantitative estimate of drug-likeness (QED) is 0.558. The molecular weight excluding hydrogens is 344 g/mol. The number of unbranched alkanes of at least 4 members (excludes halogenated alkanes) is 5. The van der Waals surface area contributed by atoms with E-state index >= 15 is 0 Å². The van der Waals surface area contributed by atoms with Gasteiger partial charge < -0.3 is 19.3 Å². The fraction of sp³-hybridized carbons (Fsp3) is 0.524. The predicted octanol–water partition coefficient (Wildman–Crippen LogP) is 4.38. The van der Waals surface area contributed by atoms with Crippen molar-refractivity contribution in [1.29, 1.82) is 0 Å². The number of benzene rings is 1. The molecule has 27 heavy (non-hydrogen) atoms. The van der Waals surface area contributed by atoms with Crippen LogP contribution < -0.4 is 14.8 Å². The van der Waals surface area contributed by atoms with Gasteiger partial charge in [-0.25, -0.2) is 0 Å². The fourth-order valence-electron chi connectivity index (χ4n) is 2.88. The summed E-state index contributed by atoms with van der Waals surface area (Å²) in [7, 11) is 3.18. The Balaban J connectivity index is 1.81. The van der Waals surface area contributed by atoms with Crippen molar-refractivity contribution in [2.75, 3.05) is 20.8 Å². The fourth-order valence-corrected chi connectivity index (χ4v) is 2.88. The van der Waals surface area contributed by atoms with Crippen LogP contribution in [-0.2, 0) is 11.2 Å². The van der Waals surface area contributed by atoms with Crippen molar-refractivity contribution in [3.8, 4) is 22.8 Å². The van der Waals surface area contributed by atoms with Crippen LogP contribution in [0.1, 0.15) is 51.1 Å². The third kappa shape index (κ3) is 6.62. The van der Waals surface area contributed by atoms with Gasteiger partial charge in [-0.05, 0) is 24.6 Å². The number of amides is 1. The maximum absolute atomic E-state index is 12.0. The van der Waals surface area contributed by atoms with E-state index in [2.05, 4.69) is 17.4 Å². The van der Waals surface area contributed by atoms with Gasteiger partial charge in [-0.15, -0.1) is 0 Å². The van der Waals surface area contributed by atoms with Crippen LogP contribution >= 0.6 is 0 Å². The van der Waals surface area contributed by atoms with Crippen LogP contribution in [0.2, 0.25) is 0 Å². The third-order valence-corrected chi connectivity index (χ3v) is 4.42. The van der Waals surface area contributed by atoms with E-state index in [1.165, 1.54) is 25.7 Å². The van der Waals surface area contributed by atoms with Gasteiger partial charge in [0.25, 0.3) is 0 Å². The molecule has 1 heterocycles. The van der Waals surface area contributed by atoms with Crippen molar-refractivity contribution in [3.05, 3.63) is 30.0 Å². The zero-order valence-corrected chi connectivity index (χ0v) is 16.5. The minimum atomic E-state index is -0.0317. The molecule has 1 aromatic carbocycles. The number of hydrogen-bond donors (Lipinski definition) is 1. The molecular formula is C21H30N2O4. The van der Waals surface area contributed by atoms with Gasteiger partial charge in [-0.2, -0.15) is 0 Å².